The van der Waals surface area contributed by atoms with E-state index in [0.717, 1.165) is 31.2 Å². The molecule has 1 saturated heterocycles. The van der Waals surface area contributed by atoms with Gasteiger partial charge in [0.25, 0.3) is 0 Å². The molecule has 1 spiro atoms. The number of hydrogen-bond acceptors (Lipinski definition) is 7. The molecule has 1 aliphatic carbocycles. The molecule has 1 saturated carbocycles. The maximum absolute atomic E-state index is 14.2. The van der Waals surface area contributed by atoms with E-state index in [1.807, 2.05) is 45.0 Å². The van der Waals surface area contributed by atoms with E-state index in [1.54, 1.807) is 6.92 Å². The summed E-state index contributed by atoms with van der Waals surface area (Å²) in [5.74, 6) is -1.53. The highest BCUT2D eigenvalue weighted by Gasteiger charge is 2.58. The van der Waals surface area contributed by atoms with Crippen LogP contribution in [-0.2, 0) is 19.1 Å². The molecule has 0 radical (unpaired) electrons. The van der Waals surface area contributed by atoms with E-state index in [9.17, 15) is 24.7 Å². The Balaban J connectivity index is 1.56. The number of hydrogen-bond donors (Lipinski definition) is 3. The van der Waals surface area contributed by atoms with Gasteiger partial charge < -0.3 is 20.4 Å². The molecular formula is C35H53N3O6. The summed E-state index contributed by atoms with van der Waals surface area (Å²) in [5, 5.41) is 28.0. The Morgan fingerprint density at radius 1 is 1.07 bits per heavy atom. The number of quaternary nitrogens is 1. The minimum Gasteiger partial charge on any atom is -0.611 e. The molecule has 244 valence electrons. The van der Waals surface area contributed by atoms with Crippen molar-refractivity contribution >= 4 is 17.7 Å². The van der Waals surface area contributed by atoms with Crippen LogP contribution in [0.2, 0.25) is 0 Å². The fourth-order valence-electron chi connectivity index (χ4n) is 7.09. The maximum Gasteiger partial charge on any atom is 0.328 e. The number of benzene rings is 1. The largest absolute Gasteiger partial charge is 0.611 e. The molecule has 1 aromatic rings. The van der Waals surface area contributed by atoms with Crippen LogP contribution in [0.15, 0.2) is 42.5 Å². The molecule has 3 aliphatic rings. The Morgan fingerprint density at radius 3 is 2.55 bits per heavy atom. The summed E-state index contributed by atoms with van der Waals surface area (Å²) in [6, 6.07) is 8.78. The molecule has 3 N–H and O–H groups in total. The molecule has 9 heteroatoms. The lowest BCUT2D eigenvalue weighted by Gasteiger charge is -2.48. The summed E-state index contributed by atoms with van der Waals surface area (Å²) in [7, 11) is 0. The van der Waals surface area contributed by atoms with Gasteiger partial charge in [-0.2, -0.15) is 5.43 Å². The zero-order valence-corrected chi connectivity index (χ0v) is 27.0. The fourth-order valence-corrected chi connectivity index (χ4v) is 7.09. The van der Waals surface area contributed by atoms with Crippen molar-refractivity contribution in [3.63, 3.8) is 0 Å². The first kappa shape index (κ1) is 34.3. The van der Waals surface area contributed by atoms with Gasteiger partial charge in [-0.1, -0.05) is 70.2 Å². The molecular weight excluding hydrogens is 558 g/mol. The topological polar surface area (TPSA) is 128 Å². The SMILES string of the molecule is CC(C)[C@@H]1NC(=O)[C@@H](C)[C@H](O)[C@@H](C)C/C=C/CCCCOC(=O)[C@@H]2CCC[N+]([O-])(C[C@@]3(CCC1=O)C[C@@H]3c1ccccc1)N2. The lowest BCUT2D eigenvalue weighted by molar-refractivity contribution is -0.935. The minimum absolute atomic E-state index is 0.0620. The van der Waals surface area contributed by atoms with Crippen LogP contribution >= 0.6 is 0 Å². The molecule has 0 aromatic heterocycles. The Kier molecular flexibility index (Phi) is 11.8. The molecule has 2 aliphatic heterocycles. The average Bonchev–Trinajstić information content (AvgIpc) is 3.71. The zero-order chi connectivity index (χ0) is 31.9. The first-order valence-corrected chi connectivity index (χ1v) is 16.7. The third kappa shape index (κ3) is 8.77. The first-order chi connectivity index (χ1) is 20.9. The number of ether oxygens (including phenoxy) is 1. The molecule has 2 fully saturated rings. The number of amides is 1. The van der Waals surface area contributed by atoms with Gasteiger partial charge in [0.15, 0.2) is 11.8 Å². The van der Waals surface area contributed by atoms with Gasteiger partial charge in [-0.05, 0) is 68.3 Å². The van der Waals surface area contributed by atoms with Gasteiger partial charge in [-0.3, -0.25) is 19.1 Å². The van der Waals surface area contributed by atoms with E-state index in [0.29, 0.717) is 38.8 Å². The molecule has 1 amide bonds. The molecule has 4 rings (SSSR count). The van der Waals surface area contributed by atoms with Crippen molar-refractivity contribution < 1.29 is 29.0 Å². The normalized spacial score (nSPS) is 37.7. The summed E-state index contributed by atoms with van der Waals surface area (Å²) in [5.41, 5.74) is 3.83. The highest BCUT2D eigenvalue weighted by molar-refractivity contribution is 5.90. The van der Waals surface area contributed by atoms with Crippen molar-refractivity contribution in [3.8, 4) is 0 Å². The average molecular weight is 612 g/mol. The first-order valence-electron chi connectivity index (χ1n) is 16.7. The van der Waals surface area contributed by atoms with Crippen LogP contribution in [0.1, 0.15) is 97.0 Å². The van der Waals surface area contributed by atoms with E-state index in [2.05, 4.69) is 29.0 Å². The predicted octanol–water partition coefficient (Wildman–Crippen LogP) is 4.94. The van der Waals surface area contributed by atoms with E-state index >= 15 is 0 Å². The van der Waals surface area contributed by atoms with Crippen LogP contribution in [0.4, 0.5) is 0 Å². The number of esters is 1. The zero-order valence-electron chi connectivity index (χ0n) is 27.0. The third-order valence-electron chi connectivity index (χ3n) is 10.0. The minimum atomic E-state index is -0.845. The highest BCUT2D eigenvalue weighted by atomic mass is 16.6. The van der Waals surface area contributed by atoms with Crippen LogP contribution in [0.25, 0.3) is 0 Å². The summed E-state index contributed by atoms with van der Waals surface area (Å²) in [6.45, 7) is 8.40. The maximum atomic E-state index is 14.2. The van der Waals surface area contributed by atoms with E-state index in [-0.39, 0.29) is 48.4 Å². The standard InChI is InChI=1S/C35H53N3O6/c1-24(2)31-30(39)18-19-35(22-28(35)27-15-10-8-11-16-27)23-38(43)20-13-17-29(37-38)34(42)44-21-12-7-5-6-9-14-25(3)32(40)26(4)33(41)36-31/h6,8-11,15-16,24-26,28-29,31-32,37,40H,5,7,12-14,17-23H2,1-4H3,(H,36,41)/b9-6+/t25-,26-,28+,29-,31-,32+,35+,38?/m0/s1. The van der Waals surface area contributed by atoms with Crippen LogP contribution in [0.3, 0.4) is 0 Å². The van der Waals surface area contributed by atoms with Crippen LogP contribution in [0, 0.1) is 28.4 Å². The summed E-state index contributed by atoms with van der Waals surface area (Å²) in [4.78, 5) is 39.8. The van der Waals surface area contributed by atoms with E-state index in [4.69, 9.17) is 4.74 Å². The summed E-state index contributed by atoms with van der Waals surface area (Å²) >= 11 is 0. The molecule has 2 heterocycles. The van der Waals surface area contributed by atoms with Gasteiger partial charge in [0, 0.05) is 18.3 Å². The van der Waals surface area contributed by atoms with Crippen molar-refractivity contribution in [2.75, 3.05) is 19.7 Å². The van der Waals surface area contributed by atoms with Gasteiger partial charge >= 0.3 is 5.97 Å². The predicted molar refractivity (Wildman–Crippen MR) is 170 cm³/mol. The number of ketones is 1. The monoisotopic (exact) mass is 611 g/mol. The molecule has 2 bridgehead atoms. The number of aliphatic hydroxyl groups excluding tert-OH is 1. The molecule has 44 heavy (non-hydrogen) atoms. The Labute approximate surface area is 262 Å². The highest BCUT2D eigenvalue weighted by Crippen LogP contribution is 2.63. The Morgan fingerprint density at radius 2 is 1.82 bits per heavy atom. The van der Waals surface area contributed by atoms with Crippen molar-refractivity contribution in [2.24, 2.45) is 23.2 Å². The third-order valence-corrected chi connectivity index (χ3v) is 10.0. The number of allylic oxidation sites excluding steroid dienone is 2. The molecule has 1 aromatic carbocycles. The van der Waals surface area contributed by atoms with Gasteiger partial charge in [-0.15, -0.1) is 0 Å². The summed E-state index contributed by atoms with van der Waals surface area (Å²) in [6.07, 6.45) is 8.99. The molecule has 9 nitrogen and oxygen atoms in total. The lowest BCUT2D eigenvalue weighted by Crippen LogP contribution is -2.65. The van der Waals surface area contributed by atoms with Gasteiger partial charge in [-0.25, -0.2) is 0 Å². The fraction of sp³-hybridized carbons (Fsp3) is 0.686. The number of rotatable bonds is 2. The van der Waals surface area contributed by atoms with Gasteiger partial charge in [0.2, 0.25) is 5.91 Å². The number of carbonyl (C=O) groups is 3. The summed E-state index contributed by atoms with van der Waals surface area (Å²) < 4.78 is 4.89. The van der Waals surface area contributed by atoms with E-state index < -0.39 is 34.3 Å². The smallest absolute Gasteiger partial charge is 0.328 e. The van der Waals surface area contributed by atoms with Crippen LogP contribution in [-0.4, -0.2) is 65.4 Å². The number of nitrogens with one attached hydrogen (secondary N) is 2. The number of fused-ring (bicyclic) bond motifs is 2. The second-order valence-electron chi connectivity index (χ2n) is 13.9. The second-order valence-corrected chi connectivity index (χ2v) is 13.9. The molecule has 8 atom stereocenters. The number of carbonyl (C=O) groups excluding carboxylic acids is 3. The van der Waals surface area contributed by atoms with Gasteiger partial charge in [0.1, 0.15) is 6.54 Å². The number of nitrogens with zero attached hydrogens (tertiary/aromatic N) is 1. The quantitative estimate of drug-likeness (QED) is 0.187. The van der Waals surface area contributed by atoms with Crippen molar-refractivity contribution in [2.45, 2.75) is 110 Å². The van der Waals surface area contributed by atoms with Crippen molar-refractivity contribution in [3.05, 3.63) is 53.3 Å². The second kappa shape index (κ2) is 15.1. The number of hydroxylamine groups is 2. The van der Waals surface area contributed by atoms with Crippen molar-refractivity contribution in [1.82, 2.24) is 10.7 Å². The van der Waals surface area contributed by atoms with E-state index in [1.165, 1.54) is 0 Å². The van der Waals surface area contributed by atoms with Crippen molar-refractivity contribution in [1.29, 1.82) is 0 Å². The van der Waals surface area contributed by atoms with Crippen LogP contribution < -0.4 is 10.7 Å². The molecule has 1 unspecified atom stereocenters. The van der Waals surface area contributed by atoms with Gasteiger partial charge in [0.05, 0.1) is 31.2 Å². The lowest BCUT2D eigenvalue weighted by atomic mass is 9.87. The van der Waals surface area contributed by atoms with Crippen LogP contribution in [0.5, 0.6) is 0 Å². The number of Topliss-reactive ketones (excluding diaryl/α,β-unsaturated/α-hetero) is 1. The Hall–Kier alpha value is -2.59. The number of aliphatic hydroxyl groups is 1. The Bertz CT molecular complexity index is 1160. The number of cyclic esters (lactones) is 1.